The van der Waals surface area contributed by atoms with Crippen LogP contribution in [0.25, 0.3) is 0 Å². The molecule has 0 spiro atoms. The van der Waals surface area contributed by atoms with Crippen LogP contribution in [0.5, 0.6) is 0 Å². The number of rotatable bonds is 2. The molecule has 19 heavy (non-hydrogen) atoms. The molecular weight excluding hydrogens is 377 g/mol. The second-order valence-corrected chi connectivity index (χ2v) is 5.90. The van der Waals surface area contributed by atoms with Gasteiger partial charge in [0.05, 0.1) is 0 Å². The topological polar surface area (TPSA) is 29.1 Å². The van der Waals surface area contributed by atoms with Crippen molar-refractivity contribution in [1.29, 1.82) is 0 Å². The maximum absolute atomic E-state index is 13.0. The first-order valence-electron chi connectivity index (χ1n) is 5.49. The van der Waals surface area contributed by atoms with E-state index in [1.54, 1.807) is 25.1 Å². The van der Waals surface area contributed by atoms with E-state index < -0.39 is 0 Å². The minimum Gasteiger partial charge on any atom is -0.322 e. The summed E-state index contributed by atoms with van der Waals surface area (Å²) < 4.78 is 14.6. The predicted octanol–water partition coefficient (Wildman–Crippen LogP) is 4.91. The second kappa shape index (κ2) is 5.84. The van der Waals surface area contributed by atoms with Crippen LogP contribution in [0.15, 0.2) is 45.3 Å². The van der Waals surface area contributed by atoms with E-state index in [1.165, 1.54) is 12.1 Å². The molecular formula is C14H10Br2FNO. The van der Waals surface area contributed by atoms with E-state index in [-0.39, 0.29) is 11.7 Å². The van der Waals surface area contributed by atoms with Crippen molar-refractivity contribution < 1.29 is 9.18 Å². The smallest absolute Gasteiger partial charge is 0.255 e. The molecule has 5 heteroatoms. The number of amides is 1. The van der Waals surface area contributed by atoms with Crippen LogP contribution in [0.4, 0.5) is 10.1 Å². The summed E-state index contributed by atoms with van der Waals surface area (Å²) in [6.07, 6.45) is 0. The zero-order valence-electron chi connectivity index (χ0n) is 10.0. The quantitative estimate of drug-likeness (QED) is 0.780. The molecule has 0 heterocycles. The molecule has 0 aliphatic rings. The Kier molecular flexibility index (Phi) is 4.37. The van der Waals surface area contributed by atoms with E-state index in [1.807, 2.05) is 6.07 Å². The lowest BCUT2D eigenvalue weighted by Crippen LogP contribution is -2.12. The van der Waals surface area contributed by atoms with Crippen molar-refractivity contribution in [2.75, 3.05) is 5.32 Å². The van der Waals surface area contributed by atoms with Gasteiger partial charge >= 0.3 is 0 Å². The van der Waals surface area contributed by atoms with Crippen molar-refractivity contribution in [3.8, 4) is 0 Å². The Labute approximate surface area is 127 Å². The van der Waals surface area contributed by atoms with E-state index in [0.717, 1.165) is 8.95 Å². The molecule has 0 atom stereocenters. The number of carbonyl (C=O) groups is 1. The fraction of sp³-hybridized carbons (Fsp3) is 0.0714. The van der Waals surface area contributed by atoms with Gasteiger partial charge in [0.15, 0.2) is 0 Å². The lowest BCUT2D eigenvalue weighted by atomic mass is 10.1. The van der Waals surface area contributed by atoms with Crippen LogP contribution in [0.2, 0.25) is 0 Å². The Hall–Kier alpha value is -1.20. The van der Waals surface area contributed by atoms with Crippen molar-refractivity contribution >= 4 is 43.5 Å². The Morgan fingerprint density at radius 3 is 2.32 bits per heavy atom. The van der Waals surface area contributed by atoms with Crippen molar-refractivity contribution in [3.05, 3.63) is 62.3 Å². The van der Waals surface area contributed by atoms with Crippen LogP contribution in [0.1, 0.15) is 15.9 Å². The monoisotopic (exact) mass is 385 g/mol. The van der Waals surface area contributed by atoms with E-state index >= 15 is 0 Å². The van der Waals surface area contributed by atoms with Gasteiger partial charge in [0.25, 0.3) is 5.91 Å². The van der Waals surface area contributed by atoms with Crippen LogP contribution >= 0.6 is 31.9 Å². The van der Waals surface area contributed by atoms with Crippen LogP contribution < -0.4 is 5.32 Å². The third-order valence-corrected chi connectivity index (χ3v) is 3.48. The Balaban J connectivity index is 2.25. The number of nitrogens with one attached hydrogen (secondary N) is 1. The first-order valence-corrected chi connectivity index (χ1v) is 7.08. The number of carbonyl (C=O) groups excluding carboxylic acids is 1. The van der Waals surface area contributed by atoms with Gasteiger partial charge < -0.3 is 5.32 Å². The molecule has 0 unspecified atom stereocenters. The van der Waals surface area contributed by atoms with E-state index in [9.17, 15) is 9.18 Å². The highest BCUT2D eigenvalue weighted by Gasteiger charge is 2.09. The summed E-state index contributed by atoms with van der Waals surface area (Å²) in [4.78, 5) is 12.1. The fourth-order valence-corrected chi connectivity index (χ4v) is 2.94. The number of anilines is 1. The molecule has 0 aliphatic heterocycles. The highest BCUT2D eigenvalue weighted by atomic mass is 79.9. The molecule has 0 aliphatic carbocycles. The molecule has 2 aromatic rings. The predicted molar refractivity (Wildman–Crippen MR) is 80.9 cm³/mol. The summed E-state index contributed by atoms with van der Waals surface area (Å²) in [5.41, 5.74) is 1.80. The molecule has 2 aromatic carbocycles. The fourth-order valence-electron chi connectivity index (χ4n) is 1.65. The normalized spacial score (nSPS) is 10.3. The van der Waals surface area contributed by atoms with Crippen molar-refractivity contribution in [2.45, 2.75) is 6.92 Å². The summed E-state index contributed by atoms with van der Waals surface area (Å²) in [5, 5.41) is 2.76. The summed E-state index contributed by atoms with van der Waals surface area (Å²) >= 11 is 6.66. The van der Waals surface area contributed by atoms with E-state index in [4.69, 9.17) is 0 Å². The van der Waals surface area contributed by atoms with Gasteiger partial charge in [0.1, 0.15) is 5.82 Å². The molecule has 0 aromatic heterocycles. The average Bonchev–Trinajstić information content (AvgIpc) is 2.31. The number of hydrogen-bond acceptors (Lipinski definition) is 1. The zero-order valence-corrected chi connectivity index (χ0v) is 13.2. The van der Waals surface area contributed by atoms with Gasteiger partial charge in [-0.25, -0.2) is 4.39 Å². The van der Waals surface area contributed by atoms with Crippen molar-refractivity contribution in [1.82, 2.24) is 0 Å². The molecule has 0 bridgehead atoms. The third-order valence-electron chi connectivity index (χ3n) is 2.56. The van der Waals surface area contributed by atoms with Gasteiger partial charge in [0, 0.05) is 20.2 Å². The summed E-state index contributed by atoms with van der Waals surface area (Å²) in [5.74, 6) is -0.558. The second-order valence-electron chi connectivity index (χ2n) is 4.07. The molecule has 2 rings (SSSR count). The van der Waals surface area contributed by atoms with Crippen LogP contribution in [-0.2, 0) is 0 Å². The van der Waals surface area contributed by atoms with Gasteiger partial charge in [-0.2, -0.15) is 0 Å². The lowest BCUT2D eigenvalue weighted by molar-refractivity contribution is 0.102. The van der Waals surface area contributed by atoms with E-state index in [0.29, 0.717) is 16.8 Å². The van der Waals surface area contributed by atoms with Gasteiger partial charge in [-0.15, -0.1) is 0 Å². The summed E-state index contributed by atoms with van der Waals surface area (Å²) in [6.45, 7) is 1.75. The number of benzene rings is 2. The lowest BCUT2D eigenvalue weighted by Gasteiger charge is -2.09. The zero-order chi connectivity index (χ0) is 14.0. The number of halogens is 3. The number of aryl methyl sites for hydroxylation is 1. The Morgan fingerprint density at radius 1 is 1.11 bits per heavy atom. The van der Waals surface area contributed by atoms with Gasteiger partial charge in [-0.05, 0) is 48.9 Å². The average molecular weight is 387 g/mol. The molecule has 1 amide bonds. The largest absolute Gasteiger partial charge is 0.322 e. The Morgan fingerprint density at radius 2 is 1.74 bits per heavy atom. The highest BCUT2D eigenvalue weighted by Crippen LogP contribution is 2.22. The number of hydrogen-bond donors (Lipinski definition) is 1. The first kappa shape index (κ1) is 14.2. The maximum atomic E-state index is 13.0. The SMILES string of the molecule is Cc1cc(F)ccc1NC(=O)c1cc(Br)cc(Br)c1. The standard InChI is InChI=1S/C14H10Br2FNO/c1-8-4-12(17)2-3-13(8)18-14(19)9-5-10(15)7-11(16)6-9/h2-7H,1H3,(H,18,19). The van der Waals surface area contributed by atoms with Crippen LogP contribution in [-0.4, -0.2) is 5.91 Å². The van der Waals surface area contributed by atoms with Crippen molar-refractivity contribution in [3.63, 3.8) is 0 Å². The molecule has 1 N–H and O–H groups in total. The molecule has 0 fully saturated rings. The molecule has 98 valence electrons. The van der Waals surface area contributed by atoms with Gasteiger partial charge in [-0.1, -0.05) is 31.9 Å². The summed E-state index contributed by atoms with van der Waals surface area (Å²) in [6, 6.07) is 9.54. The van der Waals surface area contributed by atoms with Crippen LogP contribution in [0, 0.1) is 12.7 Å². The third kappa shape index (κ3) is 3.64. The van der Waals surface area contributed by atoms with Gasteiger partial charge in [-0.3, -0.25) is 4.79 Å². The molecule has 0 saturated carbocycles. The molecule has 2 nitrogen and oxygen atoms in total. The maximum Gasteiger partial charge on any atom is 0.255 e. The summed E-state index contributed by atoms with van der Waals surface area (Å²) in [7, 11) is 0. The van der Waals surface area contributed by atoms with Gasteiger partial charge in [0.2, 0.25) is 0 Å². The van der Waals surface area contributed by atoms with Crippen molar-refractivity contribution in [2.24, 2.45) is 0 Å². The van der Waals surface area contributed by atoms with E-state index in [2.05, 4.69) is 37.2 Å². The highest BCUT2D eigenvalue weighted by molar-refractivity contribution is 9.11. The van der Waals surface area contributed by atoms with Crippen LogP contribution in [0.3, 0.4) is 0 Å². The molecule has 0 radical (unpaired) electrons. The minimum absolute atomic E-state index is 0.239. The Bertz CT molecular complexity index is 623. The minimum atomic E-state index is -0.319. The first-order chi connectivity index (χ1) is 8.95. The molecule has 0 saturated heterocycles.